The standard InChI is InChI=1S/C12H27NO3/c1-5-12(15,6-2)9-13-7-11(14)8-16-10(3)4/h10-11,13-15H,5-9H2,1-4H3. The van der Waals surface area contributed by atoms with Crippen LogP contribution in [0.3, 0.4) is 0 Å². The highest BCUT2D eigenvalue weighted by molar-refractivity contribution is 4.78. The molecule has 16 heavy (non-hydrogen) atoms. The van der Waals surface area contributed by atoms with E-state index in [2.05, 4.69) is 5.32 Å². The summed E-state index contributed by atoms with van der Waals surface area (Å²) in [6.45, 7) is 9.10. The van der Waals surface area contributed by atoms with Crippen molar-refractivity contribution in [1.29, 1.82) is 0 Å². The molecule has 4 nitrogen and oxygen atoms in total. The van der Waals surface area contributed by atoms with E-state index in [0.29, 0.717) is 19.7 Å². The molecule has 4 heteroatoms. The molecule has 98 valence electrons. The molecule has 1 atom stereocenters. The highest BCUT2D eigenvalue weighted by Gasteiger charge is 2.21. The largest absolute Gasteiger partial charge is 0.389 e. The van der Waals surface area contributed by atoms with Crippen LogP contribution in [0.25, 0.3) is 0 Å². The van der Waals surface area contributed by atoms with E-state index in [9.17, 15) is 10.2 Å². The van der Waals surface area contributed by atoms with Gasteiger partial charge in [0.1, 0.15) is 0 Å². The second-order valence-corrected chi connectivity index (χ2v) is 4.60. The van der Waals surface area contributed by atoms with Gasteiger partial charge in [0.05, 0.1) is 24.4 Å². The van der Waals surface area contributed by atoms with Crippen molar-refractivity contribution in [1.82, 2.24) is 5.32 Å². The minimum Gasteiger partial charge on any atom is -0.389 e. The summed E-state index contributed by atoms with van der Waals surface area (Å²) in [7, 11) is 0. The quantitative estimate of drug-likeness (QED) is 0.554. The van der Waals surface area contributed by atoms with Gasteiger partial charge in [-0.2, -0.15) is 0 Å². The lowest BCUT2D eigenvalue weighted by molar-refractivity contribution is -0.00125. The fourth-order valence-corrected chi connectivity index (χ4v) is 1.33. The fraction of sp³-hybridized carbons (Fsp3) is 1.00. The summed E-state index contributed by atoms with van der Waals surface area (Å²) in [6.07, 6.45) is 1.06. The maximum atomic E-state index is 9.98. The highest BCUT2D eigenvalue weighted by atomic mass is 16.5. The van der Waals surface area contributed by atoms with Crippen LogP contribution in [0, 0.1) is 0 Å². The van der Waals surface area contributed by atoms with E-state index < -0.39 is 11.7 Å². The molecule has 0 fully saturated rings. The molecule has 0 radical (unpaired) electrons. The van der Waals surface area contributed by atoms with Crippen LogP contribution in [0.15, 0.2) is 0 Å². The van der Waals surface area contributed by atoms with Crippen molar-refractivity contribution in [3.63, 3.8) is 0 Å². The topological polar surface area (TPSA) is 61.7 Å². The lowest BCUT2D eigenvalue weighted by Gasteiger charge is -2.26. The van der Waals surface area contributed by atoms with Gasteiger partial charge >= 0.3 is 0 Å². The average Bonchev–Trinajstić information content (AvgIpc) is 2.26. The van der Waals surface area contributed by atoms with E-state index in [1.165, 1.54) is 0 Å². The molecule has 0 bridgehead atoms. The number of aliphatic hydroxyl groups excluding tert-OH is 1. The zero-order valence-electron chi connectivity index (χ0n) is 11.0. The van der Waals surface area contributed by atoms with Crippen LogP contribution in [-0.4, -0.2) is 47.7 Å². The summed E-state index contributed by atoms with van der Waals surface area (Å²) in [5.41, 5.74) is -0.654. The monoisotopic (exact) mass is 233 g/mol. The van der Waals surface area contributed by atoms with E-state index in [1.807, 2.05) is 27.7 Å². The number of aliphatic hydroxyl groups is 2. The number of hydrogen-bond acceptors (Lipinski definition) is 4. The van der Waals surface area contributed by atoms with Gasteiger partial charge in [-0.1, -0.05) is 13.8 Å². The lowest BCUT2D eigenvalue weighted by Crippen LogP contribution is -2.43. The van der Waals surface area contributed by atoms with Crippen LogP contribution in [0.5, 0.6) is 0 Å². The second kappa shape index (κ2) is 8.01. The van der Waals surface area contributed by atoms with Gasteiger partial charge < -0.3 is 20.3 Å². The molecule has 0 saturated heterocycles. The Morgan fingerprint density at radius 1 is 1.25 bits per heavy atom. The van der Waals surface area contributed by atoms with E-state index in [4.69, 9.17) is 4.74 Å². The SMILES string of the molecule is CCC(O)(CC)CNCC(O)COC(C)C. The molecule has 1 unspecified atom stereocenters. The Labute approximate surface area is 99.0 Å². The van der Waals surface area contributed by atoms with Gasteiger partial charge in [-0.15, -0.1) is 0 Å². The zero-order chi connectivity index (χ0) is 12.6. The summed E-state index contributed by atoms with van der Waals surface area (Å²) < 4.78 is 5.29. The minimum atomic E-state index is -0.654. The van der Waals surface area contributed by atoms with Crippen LogP contribution in [0.1, 0.15) is 40.5 Å². The minimum absolute atomic E-state index is 0.137. The first-order valence-electron chi connectivity index (χ1n) is 6.16. The van der Waals surface area contributed by atoms with Crippen molar-refractivity contribution in [2.75, 3.05) is 19.7 Å². The van der Waals surface area contributed by atoms with Gasteiger partial charge in [0.25, 0.3) is 0 Å². The molecule has 3 N–H and O–H groups in total. The van der Waals surface area contributed by atoms with Crippen molar-refractivity contribution in [3.8, 4) is 0 Å². The molecule has 0 spiro atoms. The molecule has 0 saturated carbocycles. The zero-order valence-corrected chi connectivity index (χ0v) is 11.0. The predicted molar refractivity (Wildman–Crippen MR) is 65.5 cm³/mol. The van der Waals surface area contributed by atoms with Crippen molar-refractivity contribution in [3.05, 3.63) is 0 Å². The third-order valence-corrected chi connectivity index (χ3v) is 2.77. The molecule has 0 amide bonds. The molecule has 0 aliphatic heterocycles. The molecule has 0 aliphatic carbocycles. The van der Waals surface area contributed by atoms with Crippen LogP contribution >= 0.6 is 0 Å². The molecule has 0 aromatic rings. The Hall–Kier alpha value is -0.160. The van der Waals surface area contributed by atoms with Gasteiger partial charge in [0, 0.05) is 13.1 Å². The van der Waals surface area contributed by atoms with Crippen LogP contribution in [-0.2, 0) is 4.74 Å². The Morgan fingerprint density at radius 2 is 1.81 bits per heavy atom. The van der Waals surface area contributed by atoms with E-state index in [-0.39, 0.29) is 6.10 Å². The van der Waals surface area contributed by atoms with E-state index >= 15 is 0 Å². The van der Waals surface area contributed by atoms with E-state index in [0.717, 1.165) is 12.8 Å². The molecule has 0 aromatic heterocycles. The summed E-state index contributed by atoms with van der Waals surface area (Å²) in [4.78, 5) is 0. The molecular weight excluding hydrogens is 206 g/mol. The Bertz CT molecular complexity index is 170. The van der Waals surface area contributed by atoms with Gasteiger partial charge in [-0.05, 0) is 26.7 Å². The maximum absolute atomic E-state index is 9.98. The number of rotatable bonds is 9. The van der Waals surface area contributed by atoms with Crippen molar-refractivity contribution in [2.45, 2.75) is 58.3 Å². The smallest absolute Gasteiger partial charge is 0.0897 e. The Balaban J connectivity index is 3.64. The van der Waals surface area contributed by atoms with Crippen molar-refractivity contribution in [2.24, 2.45) is 0 Å². The van der Waals surface area contributed by atoms with Gasteiger partial charge in [0.15, 0.2) is 0 Å². The van der Waals surface area contributed by atoms with Gasteiger partial charge in [-0.25, -0.2) is 0 Å². The summed E-state index contributed by atoms with van der Waals surface area (Å²) in [5, 5.41) is 22.6. The fourth-order valence-electron chi connectivity index (χ4n) is 1.33. The maximum Gasteiger partial charge on any atom is 0.0897 e. The van der Waals surface area contributed by atoms with E-state index in [1.54, 1.807) is 0 Å². The average molecular weight is 233 g/mol. The Morgan fingerprint density at radius 3 is 2.25 bits per heavy atom. The Kier molecular flexibility index (Phi) is 7.93. The first-order valence-corrected chi connectivity index (χ1v) is 6.16. The lowest BCUT2D eigenvalue weighted by atomic mass is 9.97. The van der Waals surface area contributed by atoms with Crippen LogP contribution in [0.2, 0.25) is 0 Å². The van der Waals surface area contributed by atoms with Crippen molar-refractivity contribution < 1.29 is 14.9 Å². The normalized spacial score (nSPS) is 14.4. The first-order chi connectivity index (χ1) is 7.43. The molecule has 0 heterocycles. The first kappa shape index (κ1) is 15.8. The predicted octanol–water partition coefficient (Wildman–Crippen LogP) is 0.913. The van der Waals surface area contributed by atoms with Crippen LogP contribution < -0.4 is 5.32 Å². The molecule has 0 aromatic carbocycles. The third-order valence-electron chi connectivity index (χ3n) is 2.77. The molecule has 0 rings (SSSR count). The third kappa shape index (κ3) is 7.17. The van der Waals surface area contributed by atoms with Gasteiger partial charge in [-0.3, -0.25) is 0 Å². The summed E-state index contributed by atoms with van der Waals surface area (Å²) >= 11 is 0. The summed E-state index contributed by atoms with van der Waals surface area (Å²) in [6, 6.07) is 0. The second-order valence-electron chi connectivity index (χ2n) is 4.60. The summed E-state index contributed by atoms with van der Waals surface area (Å²) in [5.74, 6) is 0. The number of nitrogens with one attached hydrogen (secondary N) is 1. The number of ether oxygens (including phenoxy) is 1. The molecule has 0 aliphatic rings. The van der Waals surface area contributed by atoms with Crippen molar-refractivity contribution >= 4 is 0 Å². The van der Waals surface area contributed by atoms with Gasteiger partial charge in [0.2, 0.25) is 0 Å². The number of hydrogen-bond donors (Lipinski definition) is 3. The molecular formula is C12H27NO3. The van der Waals surface area contributed by atoms with Crippen LogP contribution in [0.4, 0.5) is 0 Å². The highest BCUT2D eigenvalue weighted by Crippen LogP contribution is 2.12.